The maximum atomic E-state index is 14.2. The fraction of sp³-hybridized carbons (Fsp3) is 0.333. The Bertz CT molecular complexity index is 1100. The number of benzene rings is 2. The number of methoxy groups -OCH3 is 1. The number of aromatic nitrogens is 2. The summed E-state index contributed by atoms with van der Waals surface area (Å²) in [7, 11) is 8.96. The molecule has 1 fully saturated rings. The predicted molar refractivity (Wildman–Crippen MR) is 114 cm³/mol. The monoisotopic (exact) mass is 426 g/mol. The average molecular weight is 426 g/mol. The third kappa shape index (κ3) is 4.70. The first kappa shape index (κ1) is 21.3. The number of hydrogen-bond acceptors (Lipinski definition) is 7. The molecular formula is C21H21BF2N4O3. The van der Waals surface area contributed by atoms with Crippen LogP contribution in [0.15, 0.2) is 30.6 Å². The number of nitrogens with zero attached hydrogens (tertiary/aromatic N) is 3. The molecular weight excluding hydrogens is 405 g/mol. The Kier molecular flexibility index (Phi) is 6.19. The lowest BCUT2D eigenvalue weighted by Crippen LogP contribution is -2.42. The van der Waals surface area contributed by atoms with E-state index in [0.29, 0.717) is 35.6 Å². The van der Waals surface area contributed by atoms with Crippen molar-refractivity contribution in [3.8, 4) is 11.5 Å². The lowest BCUT2D eigenvalue weighted by Gasteiger charge is -2.30. The van der Waals surface area contributed by atoms with Gasteiger partial charge in [-0.15, -0.1) is 0 Å². The van der Waals surface area contributed by atoms with Gasteiger partial charge in [0, 0.05) is 24.5 Å². The Morgan fingerprint density at radius 2 is 2.03 bits per heavy atom. The van der Waals surface area contributed by atoms with Crippen LogP contribution in [0.25, 0.3) is 10.9 Å². The molecule has 2 radical (unpaired) electrons. The highest BCUT2D eigenvalue weighted by Crippen LogP contribution is 2.35. The Hall–Kier alpha value is -2.98. The number of nitrogens with one attached hydrogen (secondary N) is 1. The van der Waals surface area contributed by atoms with E-state index in [-0.39, 0.29) is 23.1 Å². The molecule has 1 aliphatic rings. The molecule has 1 aromatic heterocycles. The van der Waals surface area contributed by atoms with Crippen LogP contribution in [0.4, 0.5) is 20.3 Å². The van der Waals surface area contributed by atoms with E-state index >= 15 is 0 Å². The maximum absolute atomic E-state index is 14.2. The van der Waals surface area contributed by atoms with E-state index in [1.54, 1.807) is 12.1 Å². The summed E-state index contributed by atoms with van der Waals surface area (Å²) >= 11 is 0. The highest BCUT2D eigenvalue weighted by molar-refractivity contribution is 6.32. The van der Waals surface area contributed by atoms with E-state index in [0.717, 1.165) is 25.2 Å². The number of morpholine rings is 1. The summed E-state index contributed by atoms with van der Waals surface area (Å²) in [6.45, 7) is 2.68. The normalized spacial score (nSPS) is 17.0. The summed E-state index contributed by atoms with van der Waals surface area (Å²) < 4.78 is 45.2. The molecule has 1 N–H and O–H groups in total. The lowest BCUT2D eigenvalue weighted by molar-refractivity contribution is -0.0406. The van der Waals surface area contributed by atoms with E-state index < -0.39 is 11.6 Å². The molecule has 1 saturated heterocycles. The van der Waals surface area contributed by atoms with Crippen molar-refractivity contribution in [1.29, 1.82) is 0 Å². The van der Waals surface area contributed by atoms with Gasteiger partial charge in [-0.1, -0.05) is 5.46 Å². The molecule has 31 heavy (non-hydrogen) atoms. The Labute approximate surface area is 179 Å². The van der Waals surface area contributed by atoms with Gasteiger partial charge in [0.15, 0.2) is 11.5 Å². The first-order valence-corrected chi connectivity index (χ1v) is 9.72. The van der Waals surface area contributed by atoms with E-state index in [9.17, 15) is 8.78 Å². The molecule has 160 valence electrons. The second-order valence-corrected chi connectivity index (χ2v) is 7.29. The summed E-state index contributed by atoms with van der Waals surface area (Å²) in [5.74, 6) is -0.184. The van der Waals surface area contributed by atoms with Crippen molar-refractivity contribution in [1.82, 2.24) is 14.9 Å². The molecule has 0 aliphatic carbocycles. The van der Waals surface area contributed by atoms with Crippen molar-refractivity contribution in [2.24, 2.45) is 0 Å². The van der Waals surface area contributed by atoms with Crippen molar-refractivity contribution in [2.75, 3.05) is 45.8 Å². The minimum Gasteiger partial charge on any atom is -0.493 e. The summed E-state index contributed by atoms with van der Waals surface area (Å²) in [4.78, 5) is 10.6. The quantitative estimate of drug-likeness (QED) is 0.606. The molecule has 3 aromatic rings. The van der Waals surface area contributed by atoms with Crippen molar-refractivity contribution in [3.05, 3.63) is 42.2 Å². The molecule has 7 nitrogen and oxygen atoms in total. The van der Waals surface area contributed by atoms with Crippen LogP contribution in [0.5, 0.6) is 11.5 Å². The molecule has 4 rings (SSSR count). The number of ether oxygens (including phenoxy) is 3. The van der Waals surface area contributed by atoms with Crippen LogP contribution in [0.1, 0.15) is 0 Å². The SMILES string of the molecule is [B]c1cc(F)c(Nc2ncnc3cc(OCC4CN(C)CCO4)c(OC)cc23)cc1F. The fourth-order valence-electron chi connectivity index (χ4n) is 3.37. The molecule has 1 atom stereocenters. The second kappa shape index (κ2) is 9.03. The minimum absolute atomic E-state index is 0.0508. The fourth-order valence-corrected chi connectivity index (χ4v) is 3.37. The lowest BCUT2D eigenvalue weighted by atomic mass is 9.95. The van der Waals surface area contributed by atoms with Gasteiger partial charge in [0.25, 0.3) is 0 Å². The standard InChI is InChI=1S/C21H21BF2N4O3/c1-28-3-4-30-12(9-28)10-31-20-8-17-13(5-19(20)29-2)21(26-11-25-17)27-18-7-15(23)14(22)6-16(18)24/h5-8,11-12H,3-4,9-10H2,1-2H3,(H,25,26,27). The number of rotatable bonds is 6. The molecule has 1 aliphatic heterocycles. The largest absolute Gasteiger partial charge is 0.493 e. The van der Waals surface area contributed by atoms with E-state index in [1.165, 1.54) is 13.4 Å². The van der Waals surface area contributed by atoms with Crippen molar-refractivity contribution in [3.63, 3.8) is 0 Å². The molecule has 0 saturated carbocycles. The van der Waals surface area contributed by atoms with E-state index in [1.807, 2.05) is 7.05 Å². The van der Waals surface area contributed by atoms with Crippen LogP contribution in [0.3, 0.4) is 0 Å². The second-order valence-electron chi connectivity index (χ2n) is 7.29. The van der Waals surface area contributed by atoms with Gasteiger partial charge in [0.05, 0.1) is 24.9 Å². The number of anilines is 2. The zero-order chi connectivity index (χ0) is 22.0. The van der Waals surface area contributed by atoms with Crippen molar-refractivity contribution in [2.45, 2.75) is 6.10 Å². The van der Waals surface area contributed by atoms with Gasteiger partial charge in [-0.05, 0) is 25.2 Å². The van der Waals surface area contributed by atoms with Gasteiger partial charge in [-0.3, -0.25) is 0 Å². The molecule has 0 amide bonds. The molecule has 0 spiro atoms. The molecule has 1 unspecified atom stereocenters. The number of fused-ring (bicyclic) bond motifs is 1. The number of likely N-dealkylation sites (N-methyl/N-ethyl adjacent to an activating group) is 1. The molecule has 2 aromatic carbocycles. The predicted octanol–water partition coefficient (Wildman–Crippen LogP) is 2.16. The Morgan fingerprint density at radius 1 is 1.19 bits per heavy atom. The van der Waals surface area contributed by atoms with Crippen LogP contribution >= 0.6 is 0 Å². The molecule has 10 heteroatoms. The van der Waals surface area contributed by atoms with Gasteiger partial charge in [-0.2, -0.15) is 0 Å². The highest BCUT2D eigenvalue weighted by atomic mass is 19.1. The third-order valence-corrected chi connectivity index (χ3v) is 5.03. The number of hydrogen-bond donors (Lipinski definition) is 1. The van der Waals surface area contributed by atoms with Crippen molar-refractivity contribution < 1.29 is 23.0 Å². The highest BCUT2D eigenvalue weighted by Gasteiger charge is 2.20. The van der Waals surface area contributed by atoms with Crippen LogP contribution < -0.4 is 20.3 Å². The summed E-state index contributed by atoms with van der Waals surface area (Å²) in [5, 5.41) is 3.35. The van der Waals surface area contributed by atoms with Crippen LogP contribution in [-0.2, 0) is 4.74 Å². The van der Waals surface area contributed by atoms with Crippen molar-refractivity contribution >= 4 is 35.7 Å². The zero-order valence-corrected chi connectivity index (χ0v) is 17.2. The van der Waals surface area contributed by atoms with Gasteiger partial charge in [-0.25, -0.2) is 18.7 Å². The van der Waals surface area contributed by atoms with Crippen LogP contribution in [0, 0.1) is 11.6 Å². The first-order chi connectivity index (χ1) is 14.9. The zero-order valence-electron chi connectivity index (χ0n) is 17.2. The third-order valence-electron chi connectivity index (χ3n) is 5.03. The smallest absolute Gasteiger partial charge is 0.163 e. The maximum Gasteiger partial charge on any atom is 0.163 e. The number of halogens is 2. The summed E-state index contributed by atoms with van der Waals surface area (Å²) in [5.41, 5.74) is 0.183. The van der Waals surface area contributed by atoms with Gasteiger partial charge in [0.1, 0.15) is 44.3 Å². The first-order valence-electron chi connectivity index (χ1n) is 9.72. The summed E-state index contributed by atoms with van der Waals surface area (Å²) in [6.07, 6.45) is 1.27. The Balaban J connectivity index is 1.61. The van der Waals surface area contributed by atoms with Gasteiger partial charge in [0.2, 0.25) is 0 Å². The summed E-state index contributed by atoms with van der Waals surface area (Å²) in [6, 6.07) is 5.30. The topological polar surface area (TPSA) is 68.7 Å². The van der Waals surface area contributed by atoms with E-state index in [4.69, 9.17) is 22.1 Å². The minimum atomic E-state index is -0.730. The van der Waals surface area contributed by atoms with Gasteiger partial charge < -0.3 is 24.4 Å². The van der Waals surface area contributed by atoms with E-state index in [2.05, 4.69) is 20.2 Å². The van der Waals surface area contributed by atoms with Crippen LogP contribution in [0.2, 0.25) is 0 Å². The van der Waals surface area contributed by atoms with Gasteiger partial charge >= 0.3 is 0 Å². The molecule has 0 bridgehead atoms. The average Bonchev–Trinajstić information content (AvgIpc) is 2.75. The Morgan fingerprint density at radius 3 is 2.81 bits per heavy atom. The van der Waals surface area contributed by atoms with Crippen LogP contribution in [-0.4, -0.2) is 69.3 Å². The molecule has 2 heterocycles.